The zero-order chi connectivity index (χ0) is 20.3. The maximum atomic E-state index is 13.9. The fourth-order valence-electron chi connectivity index (χ4n) is 2.58. The molecule has 0 bridgehead atoms. The average molecular weight is 399 g/mol. The molecule has 0 saturated carbocycles. The SMILES string of the molecule is CC(Sc1n[nH]c(-c2ccccc2F)n1)C(=O)Nc1ccc(C(C)(C)C)cc1. The summed E-state index contributed by atoms with van der Waals surface area (Å²) in [6.45, 7) is 8.21. The van der Waals surface area contributed by atoms with E-state index in [1.165, 1.54) is 23.4 Å². The van der Waals surface area contributed by atoms with Gasteiger partial charge < -0.3 is 5.32 Å². The van der Waals surface area contributed by atoms with E-state index in [-0.39, 0.29) is 17.1 Å². The smallest absolute Gasteiger partial charge is 0.237 e. The number of nitrogens with one attached hydrogen (secondary N) is 2. The largest absolute Gasteiger partial charge is 0.325 e. The van der Waals surface area contributed by atoms with E-state index in [1.807, 2.05) is 24.3 Å². The highest BCUT2D eigenvalue weighted by molar-refractivity contribution is 8.00. The summed E-state index contributed by atoms with van der Waals surface area (Å²) in [4.78, 5) is 16.8. The zero-order valence-corrected chi connectivity index (χ0v) is 17.1. The van der Waals surface area contributed by atoms with Crippen LogP contribution in [-0.2, 0) is 10.2 Å². The van der Waals surface area contributed by atoms with Crippen LogP contribution in [0.25, 0.3) is 11.4 Å². The molecule has 2 N–H and O–H groups in total. The van der Waals surface area contributed by atoms with E-state index >= 15 is 0 Å². The number of hydrogen-bond acceptors (Lipinski definition) is 4. The molecule has 1 heterocycles. The van der Waals surface area contributed by atoms with Crippen LogP contribution in [0.2, 0.25) is 0 Å². The minimum atomic E-state index is -0.411. The maximum Gasteiger partial charge on any atom is 0.237 e. The van der Waals surface area contributed by atoms with E-state index in [4.69, 9.17) is 0 Å². The van der Waals surface area contributed by atoms with Crippen molar-refractivity contribution in [3.63, 3.8) is 0 Å². The molecule has 0 aliphatic heterocycles. The van der Waals surface area contributed by atoms with Gasteiger partial charge in [0.1, 0.15) is 5.82 Å². The van der Waals surface area contributed by atoms with Crippen molar-refractivity contribution >= 4 is 23.4 Å². The number of nitrogens with zero attached hydrogens (tertiary/aromatic N) is 2. The Morgan fingerprint density at radius 2 is 1.82 bits per heavy atom. The molecule has 1 amide bonds. The Balaban J connectivity index is 1.63. The number of halogens is 1. The lowest BCUT2D eigenvalue weighted by molar-refractivity contribution is -0.115. The number of thioether (sulfide) groups is 1. The highest BCUT2D eigenvalue weighted by atomic mass is 32.2. The zero-order valence-electron chi connectivity index (χ0n) is 16.3. The number of carbonyl (C=O) groups is 1. The van der Waals surface area contributed by atoms with Gasteiger partial charge in [-0.2, -0.15) is 0 Å². The third kappa shape index (κ3) is 4.78. The minimum Gasteiger partial charge on any atom is -0.325 e. The summed E-state index contributed by atoms with van der Waals surface area (Å²) in [6.07, 6.45) is 0. The maximum absolute atomic E-state index is 13.9. The Labute approximate surface area is 168 Å². The van der Waals surface area contributed by atoms with Crippen LogP contribution in [0.5, 0.6) is 0 Å². The van der Waals surface area contributed by atoms with Gasteiger partial charge in [0.15, 0.2) is 5.82 Å². The molecule has 28 heavy (non-hydrogen) atoms. The lowest BCUT2D eigenvalue weighted by Gasteiger charge is -2.19. The van der Waals surface area contributed by atoms with E-state index in [0.717, 1.165) is 5.69 Å². The van der Waals surface area contributed by atoms with Gasteiger partial charge in [-0.1, -0.05) is 56.8 Å². The predicted octanol–water partition coefficient (Wildman–Crippen LogP) is 5.03. The second kappa shape index (κ2) is 8.14. The highest BCUT2D eigenvalue weighted by Gasteiger charge is 2.19. The molecule has 3 rings (SSSR count). The molecule has 3 aromatic rings. The van der Waals surface area contributed by atoms with Crippen molar-refractivity contribution in [1.82, 2.24) is 15.2 Å². The molecule has 5 nitrogen and oxygen atoms in total. The molecule has 2 aromatic carbocycles. The highest BCUT2D eigenvalue weighted by Crippen LogP contribution is 2.26. The predicted molar refractivity (Wildman–Crippen MR) is 111 cm³/mol. The minimum absolute atomic E-state index is 0.0627. The Hall–Kier alpha value is -2.67. The Kier molecular flexibility index (Phi) is 5.84. The molecule has 146 valence electrons. The second-order valence-electron chi connectivity index (χ2n) is 7.52. The van der Waals surface area contributed by atoms with Crippen molar-refractivity contribution < 1.29 is 9.18 Å². The molecule has 1 atom stereocenters. The fourth-order valence-corrected chi connectivity index (χ4v) is 3.31. The average Bonchev–Trinajstić information content (AvgIpc) is 3.10. The van der Waals surface area contributed by atoms with Gasteiger partial charge in [0.05, 0.1) is 10.8 Å². The molecule has 0 saturated heterocycles. The van der Waals surface area contributed by atoms with Crippen LogP contribution in [0.15, 0.2) is 53.7 Å². The van der Waals surface area contributed by atoms with E-state index in [1.54, 1.807) is 25.1 Å². The summed E-state index contributed by atoms with van der Waals surface area (Å²) in [7, 11) is 0. The van der Waals surface area contributed by atoms with Gasteiger partial charge in [0.2, 0.25) is 11.1 Å². The summed E-state index contributed by atoms with van der Waals surface area (Å²) < 4.78 is 13.9. The standard InChI is InChI=1S/C21H23FN4OS/c1-13(19(27)23-15-11-9-14(10-12-15)21(2,3)4)28-20-24-18(25-26-20)16-7-5-6-8-17(16)22/h5-13H,1-4H3,(H,23,27)(H,24,25,26). The molecule has 0 spiro atoms. The summed E-state index contributed by atoms with van der Waals surface area (Å²) >= 11 is 1.21. The van der Waals surface area contributed by atoms with Crippen LogP contribution in [0, 0.1) is 5.82 Å². The lowest BCUT2D eigenvalue weighted by atomic mass is 9.87. The Morgan fingerprint density at radius 1 is 1.14 bits per heavy atom. The topological polar surface area (TPSA) is 70.7 Å². The first-order valence-corrected chi connectivity index (χ1v) is 9.87. The number of aromatic nitrogens is 3. The van der Waals surface area contributed by atoms with Gasteiger partial charge in [0.25, 0.3) is 0 Å². The number of aromatic amines is 1. The van der Waals surface area contributed by atoms with Gasteiger partial charge in [0, 0.05) is 5.69 Å². The Bertz CT molecular complexity index is 963. The molecule has 0 fully saturated rings. The van der Waals surface area contributed by atoms with Gasteiger partial charge >= 0.3 is 0 Å². The van der Waals surface area contributed by atoms with Crippen molar-refractivity contribution in [3.8, 4) is 11.4 Å². The van der Waals surface area contributed by atoms with Crippen molar-refractivity contribution in [1.29, 1.82) is 0 Å². The van der Waals surface area contributed by atoms with Crippen LogP contribution >= 0.6 is 11.8 Å². The van der Waals surface area contributed by atoms with E-state index < -0.39 is 5.25 Å². The second-order valence-corrected chi connectivity index (χ2v) is 8.83. The number of rotatable bonds is 5. The molecule has 1 aromatic heterocycles. The van der Waals surface area contributed by atoms with Gasteiger partial charge in [-0.25, -0.2) is 9.37 Å². The van der Waals surface area contributed by atoms with Crippen LogP contribution < -0.4 is 5.32 Å². The summed E-state index contributed by atoms with van der Waals surface area (Å²) in [5.74, 6) is -0.184. The summed E-state index contributed by atoms with van der Waals surface area (Å²) in [5.41, 5.74) is 2.35. The molecular weight excluding hydrogens is 375 g/mol. The molecule has 7 heteroatoms. The third-order valence-electron chi connectivity index (χ3n) is 4.26. The van der Waals surface area contributed by atoms with Crippen LogP contribution in [0.4, 0.5) is 10.1 Å². The van der Waals surface area contributed by atoms with Crippen LogP contribution in [0.3, 0.4) is 0 Å². The van der Waals surface area contributed by atoms with E-state index in [9.17, 15) is 9.18 Å². The van der Waals surface area contributed by atoms with Crippen molar-refractivity contribution in [3.05, 3.63) is 59.9 Å². The number of amides is 1. The van der Waals surface area contributed by atoms with Crippen molar-refractivity contribution in [2.45, 2.75) is 43.5 Å². The number of hydrogen-bond donors (Lipinski definition) is 2. The van der Waals surface area contributed by atoms with Crippen LogP contribution in [-0.4, -0.2) is 26.3 Å². The number of anilines is 1. The molecule has 0 aliphatic carbocycles. The molecule has 0 radical (unpaired) electrons. The van der Waals surface area contributed by atoms with Gasteiger partial charge in [-0.3, -0.25) is 9.89 Å². The van der Waals surface area contributed by atoms with Gasteiger partial charge in [-0.05, 0) is 42.2 Å². The first-order chi connectivity index (χ1) is 13.2. The van der Waals surface area contributed by atoms with E-state index in [0.29, 0.717) is 16.5 Å². The molecular formula is C21H23FN4OS. The first-order valence-electron chi connectivity index (χ1n) is 8.99. The first kappa shape index (κ1) is 20.1. The van der Waals surface area contributed by atoms with E-state index in [2.05, 4.69) is 41.3 Å². The third-order valence-corrected chi connectivity index (χ3v) is 5.22. The molecule has 1 unspecified atom stereocenters. The quantitative estimate of drug-likeness (QED) is 0.592. The normalized spacial score (nSPS) is 12.6. The lowest BCUT2D eigenvalue weighted by Crippen LogP contribution is -2.22. The van der Waals surface area contributed by atoms with Crippen molar-refractivity contribution in [2.24, 2.45) is 0 Å². The summed E-state index contributed by atoms with van der Waals surface area (Å²) in [6, 6.07) is 14.2. The number of H-pyrrole nitrogens is 1. The molecule has 0 aliphatic rings. The Morgan fingerprint density at radius 3 is 2.46 bits per heavy atom. The monoisotopic (exact) mass is 398 g/mol. The summed E-state index contributed by atoms with van der Waals surface area (Å²) in [5, 5.41) is 9.69. The van der Waals surface area contributed by atoms with Crippen LogP contribution in [0.1, 0.15) is 33.3 Å². The number of benzene rings is 2. The number of carbonyl (C=O) groups excluding carboxylic acids is 1. The fraction of sp³-hybridized carbons (Fsp3) is 0.286. The van der Waals surface area contributed by atoms with Gasteiger partial charge in [-0.15, -0.1) is 5.10 Å². The van der Waals surface area contributed by atoms with Crippen molar-refractivity contribution in [2.75, 3.05) is 5.32 Å².